The summed E-state index contributed by atoms with van der Waals surface area (Å²) in [6.07, 6.45) is 0.899. The van der Waals surface area contributed by atoms with Crippen LogP contribution in [0.3, 0.4) is 0 Å². The first-order valence-corrected chi connectivity index (χ1v) is 14.5. The number of likely N-dealkylation sites (N-methyl/N-ethyl adjacent to an activating group) is 1. The van der Waals surface area contributed by atoms with Gasteiger partial charge in [0.15, 0.2) is 11.5 Å². The van der Waals surface area contributed by atoms with Crippen LogP contribution in [0.1, 0.15) is 54.4 Å². The normalized spacial score (nSPS) is 33.1. The van der Waals surface area contributed by atoms with Crippen molar-refractivity contribution in [3.63, 3.8) is 0 Å². The molecule has 4 unspecified atom stereocenters. The average Bonchev–Trinajstić information content (AvgIpc) is 3.71. The molecule has 7 rings (SSSR count). The highest BCUT2D eigenvalue weighted by molar-refractivity contribution is 5.92. The van der Waals surface area contributed by atoms with Crippen molar-refractivity contribution in [1.29, 1.82) is 0 Å². The van der Waals surface area contributed by atoms with Crippen molar-refractivity contribution >= 4 is 12.0 Å². The van der Waals surface area contributed by atoms with E-state index in [2.05, 4.69) is 9.74 Å². The molecule has 5 aliphatic rings. The molecule has 2 aromatic rings. The monoisotopic (exact) mass is 579 g/mol. The highest BCUT2D eigenvalue weighted by Gasteiger charge is 2.76. The SMILES string of the molecule is [C-]#[N+]C1C[C@]23c4c5ccc(O)c4OC2C(N(C)C(=O)C=Cc2cccc(C(F)(F)F)c2)CCC3(O)[C@@H](C5)N1CC1CC1. The van der Waals surface area contributed by atoms with Crippen molar-refractivity contribution in [2.24, 2.45) is 5.92 Å². The molecule has 0 radical (unpaired) electrons. The van der Waals surface area contributed by atoms with Crippen LogP contribution in [0.25, 0.3) is 10.9 Å². The Morgan fingerprint density at radius 1 is 1.26 bits per heavy atom. The second-order valence-electron chi connectivity index (χ2n) is 12.6. The first kappa shape index (κ1) is 27.3. The number of nitrogens with zero attached hydrogens (tertiary/aromatic N) is 3. The van der Waals surface area contributed by atoms with E-state index in [9.17, 15) is 28.2 Å². The number of aliphatic hydroxyl groups is 1. The van der Waals surface area contributed by atoms with Gasteiger partial charge in [-0.2, -0.15) is 13.2 Å². The molecular formula is C32H32F3N3O4. The Morgan fingerprint density at radius 2 is 2.05 bits per heavy atom. The molecule has 7 nitrogen and oxygen atoms in total. The summed E-state index contributed by atoms with van der Waals surface area (Å²) < 4.78 is 46.0. The Hall–Kier alpha value is -3.55. The van der Waals surface area contributed by atoms with E-state index in [4.69, 9.17) is 11.3 Å². The number of alkyl halides is 3. The number of likely N-dealkylation sites (tertiary alicyclic amines) is 1. The zero-order valence-electron chi connectivity index (χ0n) is 23.1. The second-order valence-corrected chi connectivity index (χ2v) is 12.6. The van der Waals surface area contributed by atoms with Crippen molar-refractivity contribution in [3.8, 4) is 11.5 Å². The van der Waals surface area contributed by atoms with E-state index < -0.39 is 47.0 Å². The largest absolute Gasteiger partial charge is 0.504 e. The lowest BCUT2D eigenvalue weighted by atomic mass is 9.47. The van der Waals surface area contributed by atoms with Gasteiger partial charge in [-0.15, -0.1) is 0 Å². The van der Waals surface area contributed by atoms with Crippen LogP contribution in [0.15, 0.2) is 42.5 Å². The average molecular weight is 580 g/mol. The Labute approximate surface area is 242 Å². The molecule has 2 heterocycles. The summed E-state index contributed by atoms with van der Waals surface area (Å²) in [5, 5.41) is 23.6. The number of hydrogen-bond acceptors (Lipinski definition) is 5. The Morgan fingerprint density at radius 3 is 2.76 bits per heavy atom. The zero-order valence-corrected chi connectivity index (χ0v) is 23.1. The van der Waals surface area contributed by atoms with E-state index in [0.29, 0.717) is 37.4 Å². The highest BCUT2D eigenvalue weighted by atomic mass is 19.4. The number of phenolic OH excluding ortho intramolecular Hbond substituents is 1. The Bertz CT molecular complexity index is 1530. The third-order valence-corrected chi connectivity index (χ3v) is 10.4. The zero-order chi connectivity index (χ0) is 29.6. The quantitative estimate of drug-likeness (QED) is 0.395. The maximum Gasteiger partial charge on any atom is 0.416 e. The molecule has 42 heavy (non-hydrogen) atoms. The molecule has 0 aromatic heterocycles. The van der Waals surface area contributed by atoms with Gasteiger partial charge in [0.1, 0.15) is 6.10 Å². The predicted octanol–water partition coefficient (Wildman–Crippen LogP) is 4.76. The molecule has 2 bridgehead atoms. The lowest BCUT2D eigenvalue weighted by Crippen LogP contribution is -2.79. The molecule has 2 aliphatic heterocycles. The molecule has 1 saturated heterocycles. The number of carbonyl (C=O) groups is 1. The standard InChI is InChI=1S/C32H32F3N3O4/c1-36-25-16-30-27-20-9-10-23(39)28(27)42-29(30)22(12-13-31(30,41)24(15-20)38(25)17-19-6-7-19)37(2)26(40)11-8-18-4-3-5-21(14-18)32(33,34)35/h3-5,8-11,14,19,22,24-25,29,39,41H,6-7,12-13,15-17H2,2H3/t22?,24-,25?,29?,30+,31?/m1/s1. The Balaban J connectivity index is 1.24. The van der Waals surface area contributed by atoms with Gasteiger partial charge >= 0.3 is 6.18 Å². The lowest BCUT2D eigenvalue weighted by Gasteiger charge is -2.64. The summed E-state index contributed by atoms with van der Waals surface area (Å²) >= 11 is 0. The van der Waals surface area contributed by atoms with Gasteiger partial charge in [0.05, 0.1) is 35.1 Å². The summed E-state index contributed by atoms with van der Waals surface area (Å²) in [7, 11) is 1.63. The molecule has 6 atom stereocenters. The van der Waals surface area contributed by atoms with Gasteiger partial charge in [0.25, 0.3) is 6.17 Å². The van der Waals surface area contributed by atoms with Crippen molar-refractivity contribution < 1.29 is 32.9 Å². The number of carbonyl (C=O) groups excluding carboxylic acids is 1. The summed E-state index contributed by atoms with van der Waals surface area (Å²) in [5.74, 6) is 0.405. The first-order valence-electron chi connectivity index (χ1n) is 14.5. The number of hydrogen-bond donors (Lipinski definition) is 2. The molecule has 2 saturated carbocycles. The van der Waals surface area contributed by atoms with Crippen LogP contribution >= 0.6 is 0 Å². The minimum Gasteiger partial charge on any atom is -0.504 e. The fraction of sp³-hybridized carbons (Fsp3) is 0.500. The molecule has 1 spiro atoms. The van der Waals surface area contributed by atoms with Crippen LogP contribution in [-0.2, 0) is 22.8 Å². The summed E-state index contributed by atoms with van der Waals surface area (Å²) in [4.78, 5) is 21.2. The molecular weight excluding hydrogens is 547 g/mol. The van der Waals surface area contributed by atoms with E-state index in [1.807, 2.05) is 6.07 Å². The van der Waals surface area contributed by atoms with Gasteiger partial charge in [-0.3, -0.25) is 9.64 Å². The molecule has 220 valence electrons. The van der Waals surface area contributed by atoms with E-state index >= 15 is 0 Å². The third-order valence-electron chi connectivity index (χ3n) is 10.4. The van der Waals surface area contributed by atoms with Gasteiger partial charge in [0.2, 0.25) is 5.91 Å². The molecule has 1 amide bonds. The van der Waals surface area contributed by atoms with Crippen molar-refractivity contribution in [2.45, 2.75) is 80.1 Å². The maximum absolute atomic E-state index is 13.4. The van der Waals surface area contributed by atoms with Gasteiger partial charge < -0.3 is 19.8 Å². The van der Waals surface area contributed by atoms with Crippen LogP contribution in [0, 0.1) is 12.5 Å². The maximum atomic E-state index is 13.4. The van der Waals surface area contributed by atoms with Crippen LogP contribution < -0.4 is 4.74 Å². The number of rotatable bonds is 5. The molecule has 2 aromatic carbocycles. The minimum atomic E-state index is -4.49. The number of amides is 1. The van der Waals surface area contributed by atoms with Gasteiger partial charge in [-0.25, -0.2) is 11.5 Å². The van der Waals surface area contributed by atoms with E-state index in [-0.39, 0.29) is 17.4 Å². The van der Waals surface area contributed by atoms with Crippen molar-refractivity contribution in [2.75, 3.05) is 13.6 Å². The lowest BCUT2D eigenvalue weighted by molar-refractivity contribution is -0.208. The van der Waals surface area contributed by atoms with Crippen molar-refractivity contribution in [1.82, 2.24) is 9.80 Å². The fourth-order valence-electron chi connectivity index (χ4n) is 8.24. The van der Waals surface area contributed by atoms with Crippen molar-refractivity contribution in [3.05, 3.63) is 76.1 Å². The fourth-order valence-corrected chi connectivity index (χ4v) is 8.24. The van der Waals surface area contributed by atoms with Gasteiger partial charge in [-0.1, -0.05) is 18.2 Å². The first-order chi connectivity index (χ1) is 20.0. The molecule has 3 aliphatic carbocycles. The smallest absolute Gasteiger partial charge is 0.416 e. The summed E-state index contributed by atoms with van der Waals surface area (Å²) in [6.45, 7) is 8.88. The van der Waals surface area contributed by atoms with Crippen LogP contribution in [-0.4, -0.2) is 69.5 Å². The second kappa shape index (κ2) is 9.22. The van der Waals surface area contributed by atoms with E-state index in [1.54, 1.807) is 13.1 Å². The number of piperidine rings is 1. The number of ether oxygens (including phenoxy) is 1. The molecule has 2 N–H and O–H groups in total. The topological polar surface area (TPSA) is 77.6 Å². The van der Waals surface area contributed by atoms with E-state index in [1.165, 1.54) is 29.2 Å². The minimum absolute atomic E-state index is 0.0322. The van der Waals surface area contributed by atoms with Crippen LogP contribution in [0.4, 0.5) is 13.2 Å². The predicted molar refractivity (Wildman–Crippen MR) is 147 cm³/mol. The molecule has 10 heteroatoms. The van der Waals surface area contributed by atoms with Crippen LogP contribution in [0.5, 0.6) is 11.5 Å². The number of halogens is 3. The van der Waals surface area contributed by atoms with Gasteiger partial charge in [-0.05, 0) is 73.4 Å². The molecule has 3 fully saturated rings. The summed E-state index contributed by atoms with van der Waals surface area (Å²) in [5.41, 5.74) is -0.997. The summed E-state index contributed by atoms with van der Waals surface area (Å²) in [6, 6.07) is 7.49. The highest BCUT2D eigenvalue weighted by Crippen LogP contribution is 2.67. The number of phenols is 1. The van der Waals surface area contributed by atoms with Crippen LogP contribution in [0.2, 0.25) is 0 Å². The number of benzene rings is 2. The Kier molecular flexibility index (Phi) is 5.99. The number of aromatic hydroxyl groups is 1. The van der Waals surface area contributed by atoms with Gasteiger partial charge in [0, 0.05) is 25.2 Å². The third kappa shape index (κ3) is 3.82. The van der Waals surface area contributed by atoms with E-state index in [0.717, 1.165) is 42.6 Å².